The van der Waals surface area contributed by atoms with Crippen molar-refractivity contribution in [2.75, 3.05) is 18.6 Å². The van der Waals surface area contributed by atoms with Crippen LogP contribution in [0.2, 0.25) is 0 Å². The van der Waals surface area contributed by atoms with Crippen LogP contribution in [0.4, 0.5) is 5.69 Å². The number of pyridine rings is 1. The second-order valence-electron chi connectivity index (χ2n) is 9.17. The number of ether oxygens (including phenoxy) is 1. The molecule has 0 atom stereocenters. The molecule has 0 spiro atoms. The highest BCUT2D eigenvalue weighted by atomic mass is 16.5. The smallest absolute Gasteiger partial charge is 0.129 e. The third-order valence-corrected chi connectivity index (χ3v) is 6.48. The van der Waals surface area contributed by atoms with Gasteiger partial charge in [-0.1, -0.05) is 72.8 Å². The van der Waals surface area contributed by atoms with Gasteiger partial charge < -0.3 is 14.5 Å². The van der Waals surface area contributed by atoms with Crippen LogP contribution in [-0.2, 0) is 0 Å². The van der Waals surface area contributed by atoms with Crippen LogP contribution in [0.1, 0.15) is 0 Å². The van der Waals surface area contributed by atoms with Gasteiger partial charge in [0.2, 0.25) is 0 Å². The average molecular weight is 482 g/mol. The fourth-order valence-corrected chi connectivity index (χ4v) is 4.53. The SMILES string of the molecule is CN1C=CN(c2cccc(Oc3cccc(-c4cc(-c5ccc(-c6ccccc6)cc5)ccn4)c3)c2)C1. The Morgan fingerprint density at radius 1 is 0.595 bits per heavy atom. The van der Waals surface area contributed by atoms with Crippen LogP contribution in [0.3, 0.4) is 0 Å². The molecule has 2 heterocycles. The minimum atomic E-state index is 0.781. The van der Waals surface area contributed by atoms with Gasteiger partial charge in [-0.05, 0) is 58.7 Å². The molecule has 5 aromatic rings. The number of nitrogens with zero attached hydrogens (tertiary/aromatic N) is 3. The molecule has 4 heteroatoms. The van der Waals surface area contributed by atoms with Crippen molar-refractivity contribution in [3.63, 3.8) is 0 Å². The Morgan fingerprint density at radius 3 is 2.03 bits per heavy atom. The maximum absolute atomic E-state index is 6.25. The van der Waals surface area contributed by atoms with Crippen molar-refractivity contribution in [3.8, 4) is 45.0 Å². The Bertz CT molecular complexity index is 1540. The summed E-state index contributed by atoms with van der Waals surface area (Å²) in [6.45, 7) is 0.829. The maximum Gasteiger partial charge on any atom is 0.129 e. The summed E-state index contributed by atoms with van der Waals surface area (Å²) >= 11 is 0. The van der Waals surface area contributed by atoms with Crippen LogP contribution < -0.4 is 9.64 Å². The van der Waals surface area contributed by atoms with Gasteiger partial charge in [-0.25, -0.2) is 0 Å². The molecule has 4 nitrogen and oxygen atoms in total. The third-order valence-electron chi connectivity index (χ3n) is 6.48. The normalized spacial score (nSPS) is 12.7. The van der Waals surface area contributed by atoms with Gasteiger partial charge in [-0.3, -0.25) is 4.98 Å². The lowest BCUT2D eigenvalue weighted by Crippen LogP contribution is -2.21. The molecular formula is C33H27N3O. The highest BCUT2D eigenvalue weighted by Crippen LogP contribution is 2.31. The summed E-state index contributed by atoms with van der Waals surface area (Å²) in [5, 5.41) is 0. The molecule has 0 radical (unpaired) electrons. The van der Waals surface area contributed by atoms with Crippen molar-refractivity contribution in [2.45, 2.75) is 0 Å². The summed E-state index contributed by atoms with van der Waals surface area (Å²) in [6, 6.07) is 39.6. The van der Waals surface area contributed by atoms with Crippen molar-refractivity contribution in [1.29, 1.82) is 0 Å². The zero-order chi connectivity index (χ0) is 25.0. The van der Waals surface area contributed by atoms with Crippen LogP contribution in [0, 0.1) is 0 Å². The van der Waals surface area contributed by atoms with Gasteiger partial charge in [0.15, 0.2) is 0 Å². The van der Waals surface area contributed by atoms with Crippen LogP contribution in [0.15, 0.2) is 134 Å². The van der Waals surface area contributed by atoms with Gasteiger partial charge >= 0.3 is 0 Å². The molecule has 1 aliphatic rings. The van der Waals surface area contributed by atoms with Crippen molar-refractivity contribution >= 4 is 5.69 Å². The second kappa shape index (κ2) is 10.0. The first-order valence-corrected chi connectivity index (χ1v) is 12.4. The number of hydrogen-bond donors (Lipinski definition) is 0. The highest BCUT2D eigenvalue weighted by molar-refractivity contribution is 5.74. The number of hydrogen-bond acceptors (Lipinski definition) is 4. The Balaban J connectivity index is 1.22. The van der Waals surface area contributed by atoms with Crippen molar-refractivity contribution < 1.29 is 4.74 Å². The van der Waals surface area contributed by atoms with Gasteiger partial charge in [0.05, 0.1) is 12.4 Å². The Morgan fingerprint density at radius 2 is 1.27 bits per heavy atom. The molecule has 0 aliphatic carbocycles. The van der Waals surface area contributed by atoms with E-state index in [1.807, 2.05) is 42.6 Å². The molecule has 0 bridgehead atoms. The van der Waals surface area contributed by atoms with Crippen LogP contribution >= 0.6 is 0 Å². The largest absolute Gasteiger partial charge is 0.457 e. The van der Waals surface area contributed by atoms with E-state index in [9.17, 15) is 0 Å². The zero-order valence-corrected chi connectivity index (χ0v) is 20.7. The van der Waals surface area contributed by atoms with Gasteiger partial charge in [-0.2, -0.15) is 0 Å². The first kappa shape index (κ1) is 22.6. The quantitative estimate of drug-likeness (QED) is 0.245. The molecule has 1 aromatic heterocycles. The molecule has 0 saturated heterocycles. The van der Waals surface area contributed by atoms with E-state index in [-0.39, 0.29) is 0 Å². The summed E-state index contributed by atoms with van der Waals surface area (Å²) in [6.07, 6.45) is 6.01. The fourth-order valence-electron chi connectivity index (χ4n) is 4.53. The summed E-state index contributed by atoms with van der Waals surface area (Å²) in [7, 11) is 2.06. The summed E-state index contributed by atoms with van der Waals surface area (Å²) in [5.41, 5.74) is 7.74. The molecule has 6 rings (SSSR count). The molecule has 0 amide bonds. The standard InChI is InChI=1S/C33H27N3O/c1-35-19-20-36(24-35)30-10-6-12-32(23-30)37-31-11-5-9-29(21-31)33-22-28(17-18-34-33)27-15-13-26(14-16-27)25-7-3-2-4-8-25/h2-23H,24H2,1H3. The van der Waals surface area contributed by atoms with E-state index >= 15 is 0 Å². The van der Waals surface area contributed by atoms with E-state index < -0.39 is 0 Å². The molecule has 0 saturated carbocycles. The lowest BCUT2D eigenvalue weighted by Gasteiger charge is -2.19. The van der Waals surface area contributed by atoms with Crippen LogP contribution in [-0.4, -0.2) is 23.6 Å². The lowest BCUT2D eigenvalue weighted by molar-refractivity contribution is 0.481. The van der Waals surface area contributed by atoms with Crippen LogP contribution in [0.5, 0.6) is 11.5 Å². The average Bonchev–Trinajstić information content (AvgIpc) is 3.40. The van der Waals surface area contributed by atoms with Crippen molar-refractivity contribution in [3.05, 3.63) is 134 Å². The Labute approximate surface area is 217 Å². The molecule has 0 unspecified atom stereocenters. The van der Waals surface area contributed by atoms with Gasteiger partial charge in [0.25, 0.3) is 0 Å². The predicted octanol–water partition coefficient (Wildman–Crippen LogP) is 8.06. The molecule has 4 aromatic carbocycles. The van der Waals surface area contributed by atoms with Crippen molar-refractivity contribution in [2.24, 2.45) is 0 Å². The summed E-state index contributed by atoms with van der Waals surface area (Å²) < 4.78 is 6.25. The second-order valence-corrected chi connectivity index (χ2v) is 9.17. The van der Waals surface area contributed by atoms with Gasteiger partial charge in [-0.15, -0.1) is 0 Å². The lowest BCUT2D eigenvalue weighted by atomic mass is 9.99. The molecule has 1 aliphatic heterocycles. The summed E-state index contributed by atoms with van der Waals surface area (Å²) in [4.78, 5) is 8.97. The monoisotopic (exact) mass is 481 g/mol. The molecule has 180 valence electrons. The van der Waals surface area contributed by atoms with Crippen molar-refractivity contribution in [1.82, 2.24) is 9.88 Å². The Kier molecular flexibility index (Phi) is 6.14. The van der Waals surface area contributed by atoms with Gasteiger partial charge in [0.1, 0.15) is 11.5 Å². The van der Waals surface area contributed by atoms with E-state index in [0.29, 0.717) is 0 Å². The molecule has 0 fully saturated rings. The molecule has 0 N–H and O–H groups in total. The number of rotatable bonds is 6. The third kappa shape index (κ3) is 5.09. The molecular weight excluding hydrogens is 454 g/mol. The first-order chi connectivity index (χ1) is 18.2. The molecule has 37 heavy (non-hydrogen) atoms. The number of anilines is 1. The highest BCUT2D eigenvalue weighted by Gasteiger charge is 2.12. The number of benzene rings is 4. The summed E-state index contributed by atoms with van der Waals surface area (Å²) in [5.74, 6) is 1.58. The maximum atomic E-state index is 6.25. The van der Waals surface area contributed by atoms with Gasteiger partial charge in [0, 0.05) is 43.0 Å². The van der Waals surface area contributed by atoms with E-state index in [4.69, 9.17) is 4.74 Å². The van der Waals surface area contributed by atoms with E-state index in [1.165, 1.54) is 11.1 Å². The number of aromatic nitrogens is 1. The fraction of sp³-hybridized carbons (Fsp3) is 0.0606. The van der Waals surface area contributed by atoms with E-state index in [1.54, 1.807) is 0 Å². The first-order valence-electron chi connectivity index (χ1n) is 12.4. The van der Waals surface area contributed by atoms with Crippen LogP contribution in [0.25, 0.3) is 33.5 Å². The predicted molar refractivity (Wildman–Crippen MR) is 151 cm³/mol. The van der Waals surface area contributed by atoms with E-state index in [2.05, 4.69) is 113 Å². The topological polar surface area (TPSA) is 28.6 Å². The minimum absolute atomic E-state index is 0.781. The zero-order valence-electron chi connectivity index (χ0n) is 20.7. The minimum Gasteiger partial charge on any atom is -0.457 e. The Hall–Kier alpha value is -4.83. The van der Waals surface area contributed by atoms with E-state index in [0.717, 1.165) is 46.2 Å².